The number of aryl methyl sites for hydroxylation is 1. The van der Waals surface area contributed by atoms with Crippen molar-refractivity contribution >= 4 is 28.8 Å². The molecule has 8 heteroatoms. The lowest BCUT2D eigenvalue weighted by Crippen LogP contribution is -2.61. The number of rotatable bonds is 4. The lowest BCUT2D eigenvalue weighted by atomic mass is 9.85. The van der Waals surface area contributed by atoms with E-state index >= 15 is 0 Å². The zero-order valence-corrected chi connectivity index (χ0v) is 17.1. The molecule has 0 bridgehead atoms. The summed E-state index contributed by atoms with van der Waals surface area (Å²) in [6.07, 6.45) is -3.66. The van der Waals surface area contributed by atoms with Crippen LogP contribution in [0, 0.1) is 6.92 Å². The molecule has 4 rings (SSSR count). The van der Waals surface area contributed by atoms with Crippen LogP contribution in [0.4, 0.5) is 0 Å². The molecule has 3 heterocycles. The Hall–Kier alpha value is -1.48. The lowest BCUT2D eigenvalue weighted by molar-refractivity contribution is -0.262. The number of hydrogen-bond donors (Lipinski definition) is 3. The molecular formula is C20H22ClNO5S. The second kappa shape index (κ2) is 7.40. The van der Waals surface area contributed by atoms with E-state index in [2.05, 4.69) is 4.99 Å². The summed E-state index contributed by atoms with van der Waals surface area (Å²) < 4.78 is 12.5. The maximum absolute atomic E-state index is 10.6. The Balaban J connectivity index is 1.76. The normalized spacial score (nSPS) is 32.0. The minimum atomic E-state index is -1.31. The van der Waals surface area contributed by atoms with E-state index in [1.54, 1.807) is 6.92 Å². The fraction of sp³-hybridized carbons (Fsp3) is 0.450. The lowest BCUT2D eigenvalue weighted by Gasteiger charge is -2.44. The number of aliphatic hydroxyl groups excluding tert-OH is 3. The molecule has 1 aromatic heterocycles. The quantitative estimate of drug-likeness (QED) is 0.702. The summed E-state index contributed by atoms with van der Waals surface area (Å²) in [5.74, 6) is 0.363. The van der Waals surface area contributed by atoms with Crippen LogP contribution in [0.15, 0.2) is 35.3 Å². The van der Waals surface area contributed by atoms with E-state index in [-0.39, 0.29) is 0 Å². The molecule has 2 aromatic rings. The van der Waals surface area contributed by atoms with E-state index in [1.807, 2.05) is 37.3 Å². The van der Waals surface area contributed by atoms with Gasteiger partial charge in [0.05, 0.1) is 10.9 Å². The fourth-order valence-electron chi connectivity index (χ4n) is 3.84. The van der Waals surface area contributed by atoms with Crippen molar-refractivity contribution in [2.75, 3.05) is 6.61 Å². The molecule has 0 aliphatic carbocycles. The summed E-state index contributed by atoms with van der Waals surface area (Å²) in [7, 11) is 0. The first-order valence-electron chi connectivity index (χ1n) is 9.06. The second-order valence-electron chi connectivity index (χ2n) is 7.21. The first kappa shape index (κ1) is 19.8. The van der Waals surface area contributed by atoms with Gasteiger partial charge in [0.25, 0.3) is 0 Å². The topological polar surface area (TPSA) is 91.5 Å². The Kier molecular flexibility index (Phi) is 5.24. The zero-order chi connectivity index (χ0) is 20.1. The third-order valence-electron chi connectivity index (χ3n) is 5.32. The number of nitrogens with zero attached hydrogens (tertiary/aromatic N) is 1. The predicted molar refractivity (Wildman–Crippen MR) is 107 cm³/mol. The van der Waals surface area contributed by atoms with Gasteiger partial charge in [-0.1, -0.05) is 29.8 Å². The van der Waals surface area contributed by atoms with E-state index in [1.165, 1.54) is 11.3 Å². The van der Waals surface area contributed by atoms with Crippen LogP contribution in [-0.4, -0.2) is 52.2 Å². The maximum atomic E-state index is 10.6. The molecule has 0 saturated carbocycles. The van der Waals surface area contributed by atoms with E-state index in [0.29, 0.717) is 17.9 Å². The average molecular weight is 424 g/mol. The molecule has 0 spiro atoms. The molecule has 2 aliphatic rings. The maximum Gasteiger partial charge on any atom is 0.228 e. The van der Waals surface area contributed by atoms with Gasteiger partial charge in [-0.15, -0.1) is 11.3 Å². The first-order valence-corrected chi connectivity index (χ1v) is 10.3. The van der Waals surface area contributed by atoms with Gasteiger partial charge < -0.3 is 24.8 Å². The van der Waals surface area contributed by atoms with Crippen LogP contribution in [0.2, 0.25) is 4.34 Å². The van der Waals surface area contributed by atoms with Gasteiger partial charge in [0.1, 0.15) is 18.3 Å². The molecule has 6 nitrogen and oxygen atoms in total. The number of halogens is 1. The summed E-state index contributed by atoms with van der Waals surface area (Å²) in [4.78, 5) is 5.68. The van der Waals surface area contributed by atoms with Gasteiger partial charge in [-0.25, -0.2) is 4.99 Å². The number of thiophene rings is 1. The first-order chi connectivity index (χ1) is 13.3. The van der Waals surface area contributed by atoms with Crippen molar-refractivity contribution < 1.29 is 24.8 Å². The molecule has 1 fully saturated rings. The number of ether oxygens (including phenoxy) is 2. The van der Waals surface area contributed by atoms with Crippen LogP contribution in [0.1, 0.15) is 28.5 Å². The highest BCUT2D eigenvalue weighted by Gasteiger charge is 2.59. The number of benzene rings is 1. The SMILES string of the molecule is CC1=NC2(c3ccc(C)c(Cc4ccc(Cl)s4)c3)O[C@H](CO)[C@@H](O)[C@H](O)C2O1. The Labute approximate surface area is 172 Å². The largest absolute Gasteiger partial charge is 0.469 e. The summed E-state index contributed by atoms with van der Waals surface area (Å²) in [6.45, 7) is 3.27. The number of fused-ring (bicyclic) bond motifs is 1. The van der Waals surface area contributed by atoms with Gasteiger partial charge in [-0.3, -0.25) is 0 Å². The van der Waals surface area contributed by atoms with Crippen LogP contribution in [0.3, 0.4) is 0 Å². The van der Waals surface area contributed by atoms with Gasteiger partial charge in [-0.2, -0.15) is 0 Å². The number of aliphatic imine (C=N–C) groups is 1. The average Bonchev–Trinajstić information content (AvgIpc) is 3.23. The number of hydrogen-bond acceptors (Lipinski definition) is 7. The van der Waals surface area contributed by atoms with Crippen LogP contribution >= 0.6 is 22.9 Å². The van der Waals surface area contributed by atoms with Gasteiger partial charge in [0.15, 0.2) is 12.0 Å². The monoisotopic (exact) mass is 423 g/mol. The van der Waals surface area contributed by atoms with Crippen molar-refractivity contribution in [3.63, 3.8) is 0 Å². The fourth-order valence-corrected chi connectivity index (χ4v) is 4.95. The van der Waals surface area contributed by atoms with Crippen molar-refractivity contribution in [1.29, 1.82) is 0 Å². The Morgan fingerprint density at radius 3 is 2.64 bits per heavy atom. The molecule has 150 valence electrons. The smallest absolute Gasteiger partial charge is 0.228 e. The van der Waals surface area contributed by atoms with Crippen molar-refractivity contribution in [2.45, 2.75) is 50.4 Å². The highest BCUT2D eigenvalue weighted by atomic mass is 35.5. The molecule has 5 atom stereocenters. The second-order valence-corrected chi connectivity index (χ2v) is 9.01. The Morgan fingerprint density at radius 2 is 1.96 bits per heavy atom. The van der Waals surface area contributed by atoms with Crippen LogP contribution in [-0.2, 0) is 21.6 Å². The Bertz CT molecular complexity index is 916. The van der Waals surface area contributed by atoms with Crippen LogP contribution in [0.5, 0.6) is 0 Å². The van der Waals surface area contributed by atoms with Crippen molar-refractivity contribution in [3.05, 3.63) is 56.2 Å². The van der Waals surface area contributed by atoms with Gasteiger partial charge in [0.2, 0.25) is 5.72 Å². The third kappa shape index (κ3) is 3.26. The minimum Gasteiger partial charge on any atom is -0.469 e. The predicted octanol–water partition coefficient (Wildman–Crippen LogP) is 2.38. The number of aliphatic hydroxyl groups is 3. The summed E-state index contributed by atoms with van der Waals surface area (Å²) in [5.41, 5.74) is 1.58. The summed E-state index contributed by atoms with van der Waals surface area (Å²) in [5, 5.41) is 30.5. The summed E-state index contributed by atoms with van der Waals surface area (Å²) >= 11 is 7.59. The third-order valence-corrected chi connectivity index (χ3v) is 6.55. The minimum absolute atomic E-state index is 0.363. The van der Waals surface area contributed by atoms with Crippen molar-refractivity contribution in [2.24, 2.45) is 4.99 Å². The van der Waals surface area contributed by atoms with Crippen LogP contribution in [0.25, 0.3) is 0 Å². The van der Waals surface area contributed by atoms with Crippen molar-refractivity contribution in [3.8, 4) is 0 Å². The molecule has 1 aromatic carbocycles. The standard InChI is InChI=1S/C20H22ClNO5S/c1-10-3-4-13(7-12(10)8-14-5-6-16(21)28-14)20-19(26-11(2)22-20)18(25)17(24)15(9-23)27-20/h3-7,15,17-19,23-25H,8-9H2,1-2H3/t15-,17-,18+,19?,20?/m1/s1. The van der Waals surface area contributed by atoms with E-state index < -0.39 is 36.7 Å². The van der Waals surface area contributed by atoms with E-state index in [0.717, 1.165) is 20.3 Å². The van der Waals surface area contributed by atoms with Crippen LogP contribution < -0.4 is 0 Å². The van der Waals surface area contributed by atoms with E-state index in [4.69, 9.17) is 21.1 Å². The Morgan fingerprint density at radius 1 is 1.18 bits per heavy atom. The summed E-state index contributed by atoms with van der Waals surface area (Å²) in [6, 6.07) is 9.73. The van der Waals surface area contributed by atoms with Crippen molar-refractivity contribution in [1.82, 2.24) is 0 Å². The molecule has 2 unspecified atom stereocenters. The molecule has 1 saturated heterocycles. The molecule has 0 amide bonds. The van der Waals surface area contributed by atoms with E-state index in [9.17, 15) is 15.3 Å². The van der Waals surface area contributed by atoms with Gasteiger partial charge in [-0.05, 0) is 30.2 Å². The highest BCUT2D eigenvalue weighted by molar-refractivity contribution is 7.16. The van der Waals surface area contributed by atoms with Gasteiger partial charge in [0, 0.05) is 23.8 Å². The zero-order valence-electron chi connectivity index (χ0n) is 15.5. The highest BCUT2D eigenvalue weighted by Crippen LogP contribution is 2.45. The molecule has 28 heavy (non-hydrogen) atoms. The van der Waals surface area contributed by atoms with Gasteiger partial charge >= 0.3 is 0 Å². The molecule has 3 N–H and O–H groups in total. The molecular weight excluding hydrogens is 402 g/mol. The molecule has 2 aliphatic heterocycles. The molecule has 0 radical (unpaired) electrons.